The molecule has 0 radical (unpaired) electrons. The van der Waals surface area contributed by atoms with Crippen LogP contribution < -0.4 is 9.47 Å². The summed E-state index contributed by atoms with van der Waals surface area (Å²) in [5.41, 5.74) is 0.961. The standard InChI is InChI=1S/C21H27N3O5/c1-28-15-9-10-18(29-2)16(12-15)17-8-5-11-22(17)13-23-19(25)20(26)24(21(23)27)14-6-3-4-7-14/h9-10,12,14,17H,3-8,11,13H2,1-2H3/t17-/m1/s1. The summed E-state index contributed by atoms with van der Waals surface area (Å²) in [7, 11) is 3.24. The van der Waals surface area contributed by atoms with Gasteiger partial charge in [-0.05, 0) is 43.9 Å². The molecule has 1 aromatic rings. The van der Waals surface area contributed by atoms with Gasteiger partial charge in [-0.3, -0.25) is 19.4 Å². The molecule has 3 fully saturated rings. The van der Waals surface area contributed by atoms with Crippen molar-refractivity contribution < 1.29 is 23.9 Å². The van der Waals surface area contributed by atoms with Crippen molar-refractivity contribution in [2.75, 3.05) is 27.4 Å². The highest BCUT2D eigenvalue weighted by Gasteiger charge is 2.49. The molecule has 2 aliphatic heterocycles. The Morgan fingerprint density at radius 1 is 0.966 bits per heavy atom. The van der Waals surface area contributed by atoms with Gasteiger partial charge in [-0.15, -0.1) is 0 Å². The maximum atomic E-state index is 12.9. The monoisotopic (exact) mass is 401 g/mol. The molecule has 0 N–H and O–H groups in total. The van der Waals surface area contributed by atoms with Crippen LogP contribution in [0.2, 0.25) is 0 Å². The van der Waals surface area contributed by atoms with Crippen LogP contribution >= 0.6 is 0 Å². The summed E-state index contributed by atoms with van der Waals surface area (Å²) in [6.07, 6.45) is 5.35. The predicted molar refractivity (Wildman–Crippen MR) is 104 cm³/mol. The second kappa shape index (κ2) is 8.02. The van der Waals surface area contributed by atoms with E-state index < -0.39 is 17.8 Å². The van der Waals surface area contributed by atoms with Gasteiger partial charge in [0.25, 0.3) is 0 Å². The number of hydrogen-bond acceptors (Lipinski definition) is 6. The van der Waals surface area contributed by atoms with Crippen LogP contribution in [0.3, 0.4) is 0 Å². The van der Waals surface area contributed by atoms with Gasteiger partial charge in [0.15, 0.2) is 0 Å². The Morgan fingerprint density at radius 3 is 2.41 bits per heavy atom. The number of hydrogen-bond donors (Lipinski definition) is 0. The Hall–Kier alpha value is -2.61. The van der Waals surface area contributed by atoms with Crippen molar-refractivity contribution in [2.24, 2.45) is 0 Å². The van der Waals surface area contributed by atoms with Gasteiger partial charge in [0.2, 0.25) is 0 Å². The maximum absolute atomic E-state index is 12.9. The molecule has 2 heterocycles. The molecule has 0 unspecified atom stereocenters. The molecule has 0 aromatic heterocycles. The molecule has 1 aliphatic carbocycles. The first-order valence-electron chi connectivity index (χ1n) is 10.2. The summed E-state index contributed by atoms with van der Waals surface area (Å²) in [4.78, 5) is 42.3. The van der Waals surface area contributed by atoms with E-state index in [1.54, 1.807) is 14.2 Å². The molecular formula is C21H27N3O5. The molecule has 156 valence electrons. The first-order valence-corrected chi connectivity index (χ1v) is 10.2. The molecule has 2 saturated heterocycles. The van der Waals surface area contributed by atoms with Crippen LogP contribution in [0, 0.1) is 0 Å². The first kappa shape index (κ1) is 19.7. The Bertz CT molecular complexity index is 821. The fraction of sp³-hybridized carbons (Fsp3) is 0.571. The van der Waals surface area contributed by atoms with Crippen molar-refractivity contribution in [3.8, 4) is 11.5 Å². The zero-order valence-corrected chi connectivity index (χ0v) is 16.9. The smallest absolute Gasteiger partial charge is 0.335 e. The minimum Gasteiger partial charge on any atom is -0.497 e. The van der Waals surface area contributed by atoms with Gasteiger partial charge in [-0.2, -0.15) is 0 Å². The van der Waals surface area contributed by atoms with Crippen LogP contribution in [-0.2, 0) is 9.59 Å². The van der Waals surface area contributed by atoms with Gasteiger partial charge in [0.05, 0.1) is 20.9 Å². The van der Waals surface area contributed by atoms with Gasteiger partial charge < -0.3 is 9.47 Å². The van der Waals surface area contributed by atoms with Crippen molar-refractivity contribution in [3.63, 3.8) is 0 Å². The highest BCUT2D eigenvalue weighted by Crippen LogP contribution is 2.39. The molecule has 1 aromatic carbocycles. The van der Waals surface area contributed by atoms with E-state index >= 15 is 0 Å². The van der Waals surface area contributed by atoms with E-state index in [0.29, 0.717) is 0 Å². The van der Waals surface area contributed by atoms with Crippen LogP contribution in [0.1, 0.15) is 50.1 Å². The number of likely N-dealkylation sites (tertiary alicyclic amines) is 1. The second-order valence-electron chi connectivity index (χ2n) is 7.85. The van der Waals surface area contributed by atoms with Gasteiger partial charge >= 0.3 is 17.8 Å². The van der Waals surface area contributed by atoms with E-state index in [2.05, 4.69) is 4.90 Å². The van der Waals surface area contributed by atoms with Crippen LogP contribution in [0.25, 0.3) is 0 Å². The van der Waals surface area contributed by atoms with E-state index in [-0.39, 0.29) is 18.8 Å². The van der Waals surface area contributed by atoms with Crippen LogP contribution in [0.5, 0.6) is 11.5 Å². The van der Waals surface area contributed by atoms with Crippen molar-refractivity contribution in [1.82, 2.24) is 14.7 Å². The lowest BCUT2D eigenvalue weighted by Gasteiger charge is -2.29. The van der Waals surface area contributed by atoms with Crippen LogP contribution in [0.15, 0.2) is 18.2 Å². The molecule has 0 spiro atoms. The number of benzene rings is 1. The summed E-state index contributed by atoms with van der Waals surface area (Å²) in [5.74, 6) is 0.0655. The number of nitrogens with zero attached hydrogens (tertiary/aromatic N) is 3. The number of imide groups is 2. The topological polar surface area (TPSA) is 79.4 Å². The average molecular weight is 401 g/mol. The summed E-state index contributed by atoms with van der Waals surface area (Å²) < 4.78 is 10.9. The molecule has 0 bridgehead atoms. The molecule has 29 heavy (non-hydrogen) atoms. The predicted octanol–water partition coefficient (Wildman–Crippen LogP) is 2.53. The van der Waals surface area contributed by atoms with E-state index in [1.165, 1.54) is 4.90 Å². The van der Waals surface area contributed by atoms with E-state index in [9.17, 15) is 14.4 Å². The number of carbonyl (C=O) groups excluding carboxylic acids is 3. The molecule has 3 aliphatic rings. The second-order valence-corrected chi connectivity index (χ2v) is 7.85. The normalized spacial score (nSPS) is 23.5. The summed E-state index contributed by atoms with van der Waals surface area (Å²) in [5, 5.41) is 0. The van der Waals surface area contributed by atoms with Crippen LogP contribution in [-0.4, -0.2) is 66.0 Å². The minimum atomic E-state index is -0.717. The Morgan fingerprint density at radius 2 is 1.72 bits per heavy atom. The molecule has 4 amide bonds. The fourth-order valence-electron chi connectivity index (χ4n) is 4.76. The minimum absolute atomic E-state index is 0.0173. The Balaban J connectivity index is 1.55. The number of ether oxygens (including phenoxy) is 2. The number of carbonyl (C=O) groups is 3. The third-order valence-electron chi connectivity index (χ3n) is 6.26. The molecule has 8 heteroatoms. The third kappa shape index (κ3) is 3.46. The Labute approximate surface area is 170 Å². The number of rotatable bonds is 6. The average Bonchev–Trinajstić information content (AvgIpc) is 3.46. The molecule has 8 nitrogen and oxygen atoms in total. The molecule has 1 saturated carbocycles. The third-order valence-corrected chi connectivity index (χ3v) is 6.26. The number of urea groups is 1. The quantitative estimate of drug-likeness (QED) is 0.538. The summed E-state index contributed by atoms with van der Waals surface area (Å²) in [6.45, 7) is 0.845. The number of methoxy groups -OCH3 is 2. The van der Waals surface area contributed by atoms with E-state index in [4.69, 9.17) is 9.47 Å². The molecular weight excluding hydrogens is 374 g/mol. The van der Waals surface area contributed by atoms with Gasteiger partial charge in [-0.1, -0.05) is 12.8 Å². The lowest BCUT2D eigenvalue weighted by Crippen LogP contribution is -2.43. The van der Waals surface area contributed by atoms with Crippen molar-refractivity contribution in [2.45, 2.75) is 50.6 Å². The summed E-state index contributed by atoms with van der Waals surface area (Å²) >= 11 is 0. The van der Waals surface area contributed by atoms with Crippen molar-refractivity contribution >= 4 is 17.8 Å². The van der Waals surface area contributed by atoms with Gasteiger partial charge in [0.1, 0.15) is 11.5 Å². The van der Waals surface area contributed by atoms with Gasteiger partial charge in [-0.25, -0.2) is 9.69 Å². The zero-order chi connectivity index (χ0) is 20.5. The maximum Gasteiger partial charge on any atom is 0.335 e. The zero-order valence-electron chi connectivity index (χ0n) is 16.9. The highest BCUT2D eigenvalue weighted by molar-refractivity contribution is 6.44. The fourth-order valence-corrected chi connectivity index (χ4v) is 4.76. The lowest BCUT2D eigenvalue weighted by atomic mass is 10.0. The van der Waals surface area contributed by atoms with Crippen molar-refractivity contribution in [1.29, 1.82) is 0 Å². The lowest BCUT2D eigenvalue weighted by molar-refractivity contribution is -0.144. The number of amides is 4. The summed E-state index contributed by atoms with van der Waals surface area (Å²) in [6, 6.07) is 5.00. The largest absolute Gasteiger partial charge is 0.497 e. The van der Waals surface area contributed by atoms with Crippen LogP contribution in [0.4, 0.5) is 4.79 Å². The van der Waals surface area contributed by atoms with E-state index in [0.717, 1.165) is 67.0 Å². The Kier molecular flexibility index (Phi) is 5.45. The van der Waals surface area contributed by atoms with Crippen molar-refractivity contribution in [3.05, 3.63) is 23.8 Å². The molecule has 4 rings (SSSR count). The molecule has 1 atom stereocenters. The van der Waals surface area contributed by atoms with E-state index in [1.807, 2.05) is 18.2 Å². The first-order chi connectivity index (χ1) is 14.0. The SMILES string of the molecule is COc1ccc(OC)c([C@H]2CCCN2CN2C(=O)C(=O)N(C3CCCC3)C2=O)c1. The van der Waals surface area contributed by atoms with Gasteiger partial charge in [0, 0.05) is 24.2 Å². The highest BCUT2D eigenvalue weighted by atomic mass is 16.5.